The summed E-state index contributed by atoms with van der Waals surface area (Å²) in [5, 5.41) is 23.3. The van der Waals surface area contributed by atoms with Crippen molar-refractivity contribution in [2.45, 2.75) is 418 Å². The summed E-state index contributed by atoms with van der Waals surface area (Å²) >= 11 is 0. The van der Waals surface area contributed by atoms with Gasteiger partial charge in [-0.15, -0.1) is 0 Å². The Hall–Kier alpha value is -1.92. The van der Waals surface area contributed by atoms with E-state index in [2.05, 4.69) is 43.5 Å². The molecule has 3 N–H and O–H groups in total. The number of amides is 1. The van der Waals surface area contributed by atoms with Gasteiger partial charge in [0.2, 0.25) is 5.91 Å². The Morgan fingerprint density at radius 2 is 0.593 bits per heavy atom. The molecule has 0 aromatic heterocycles. The number of ether oxygens (including phenoxy) is 1. The Kier molecular flexibility index (Phi) is 68.9. The Labute approximate surface area is 506 Å². The molecule has 478 valence electrons. The highest BCUT2D eigenvalue weighted by atomic mass is 16.5. The van der Waals surface area contributed by atoms with Crippen LogP contribution in [0.5, 0.6) is 0 Å². The second kappa shape index (κ2) is 70.6. The lowest BCUT2D eigenvalue weighted by atomic mass is 10.0. The van der Waals surface area contributed by atoms with Gasteiger partial charge in [0.05, 0.1) is 25.4 Å². The van der Waals surface area contributed by atoms with Crippen molar-refractivity contribution in [1.82, 2.24) is 5.32 Å². The molecule has 0 bridgehead atoms. The summed E-state index contributed by atoms with van der Waals surface area (Å²) in [6, 6.07) is -0.628. The zero-order valence-electron chi connectivity index (χ0n) is 54.8. The fourth-order valence-corrected chi connectivity index (χ4v) is 11.5. The number of aliphatic hydroxyl groups excluding tert-OH is 2. The first-order chi connectivity index (χ1) is 40.0. The summed E-state index contributed by atoms with van der Waals surface area (Å²) in [6.07, 6.45) is 91.0. The molecular formula is C75H143NO5. The van der Waals surface area contributed by atoms with Crippen LogP contribution in [0.3, 0.4) is 0 Å². The fraction of sp³-hybridized carbons (Fsp3) is 0.893. The Morgan fingerprint density at radius 1 is 0.333 bits per heavy atom. The van der Waals surface area contributed by atoms with Crippen LogP contribution in [-0.4, -0.2) is 47.4 Å². The Morgan fingerprint density at radius 3 is 0.914 bits per heavy atom. The third-order valence-electron chi connectivity index (χ3n) is 17.1. The molecule has 0 saturated carbocycles. The molecule has 0 aromatic rings. The van der Waals surface area contributed by atoms with E-state index in [0.717, 1.165) is 44.9 Å². The van der Waals surface area contributed by atoms with Gasteiger partial charge in [-0.2, -0.15) is 0 Å². The maximum Gasteiger partial charge on any atom is 0.305 e. The molecule has 2 unspecified atom stereocenters. The normalized spacial score (nSPS) is 12.7. The average molecular weight is 1140 g/mol. The molecule has 0 aliphatic rings. The van der Waals surface area contributed by atoms with Crippen LogP contribution < -0.4 is 5.32 Å². The minimum Gasteiger partial charge on any atom is -0.466 e. The summed E-state index contributed by atoms with van der Waals surface area (Å²) in [6.45, 7) is 4.90. The molecule has 6 nitrogen and oxygen atoms in total. The van der Waals surface area contributed by atoms with E-state index in [1.54, 1.807) is 6.08 Å². The van der Waals surface area contributed by atoms with E-state index in [4.69, 9.17) is 4.74 Å². The largest absolute Gasteiger partial charge is 0.466 e. The number of rotatable bonds is 69. The van der Waals surface area contributed by atoms with Crippen LogP contribution in [0.25, 0.3) is 0 Å². The number of carbonyl (C=O) groups is 2. The van der Waals surface area contributed by atoms with E-state index < -0.39 is 12.1 Å². The smallest absolute Gasteiger partial charge is 0.305 e. The molecule has 0 aliphatic heterocycles. The molecule has 0 rings (SSSR count). The van der Waals surface area contributed by atoms with Gasteiger partial charge in [-0.05, 0) is 77.0 Å². The monoisotopic (exact) mass is 1140 g/mol. The lowest BCUT2D eigenvalue weighted by molar-refractivity contribution is -0.143. The van der Waals surface area contributed by atoms with Crippen molar-refractivity contribution in [1.29, 1.82) is 0 Å². The number of esters is 1. The third kappa shape index (κ3) is 67.1. The van der Waals surface area contributed by atoms with Gasteiger partial charge in [0.1, 0.15) is 0 Å². The molecule has 0 fully saturated rings. The van der Waals surface area contributed by atoms with Crippen LogP contribution >= 0.6 is 0 Å². The zero-order valence-corrected chi connectivity index (χ0v) is 54.8. The second-order valence-electron chi connectivity index (χ2n) is 25.3. The van der Waals surface area contributed by atoms with Crippen molar-refractivity contribution in [3.8, 4) is 0 Å². The van der Waals surface area contributed by atoms with Crippen LogP contribution in [0.1, 0.15) is 406 Å². The van der Waals surface area contributed by atoms with Crippen molar-refractivity contribution in [3.63, 3.8) is 0 Å². The molecule has 0 aromatic carbocycles. The van der Waals surface area contributed by atoms with E-state index in [9.17, 15) is 19.8 Å². The van der Waals surface area contributed by atoms with Crippen molar-refractivity contribution < 1.29 is 24.5 Å². The van der Waals surface area contributed by atoms with E-state index in [1.807, 2.05) is 6.08 Å². The van der Waals surface area contributed by atoms with Crippen LogP contribution in [0.4, 0.5) is 0 Å². The van der Waals surface area contributed by atoms with Crippen LogP contribution in [-0.2, 0) is 14.3 Å². The predicted molar refractivity (Wildman–Crippen MR) is 356 cm³/mol. The molecule has 0 saturated heterocycles. The van der Waals surface area contributed by atoms with Gasteiger partial charge in [-0.1, -0.05) is 352 Å². The Bertz CT molecular complexity index is 1310. The van der Waals surface area contributed by atoms with Gasteiger partial charge < -0.3 is 20.3 Å². The van der Waals surface area contributed by atoms with Gasteiger partial charge >= 0.3 is 5.97 Å². The Balaban J connectivity index is 3.39. The molecule has 6 heteroatoms. The summed E-state index contributed by atoms with van der Waals surface area (Å²) in [5.74, 6) is -0.0551. The van der Waals surface area contributed by atoms with Crippen molar-refractivity contribution >= 4 is 11.9 Å². The van der Waals surface area contributed by atoms with Crippen LogP contribution in [0, 0.1) is 0 Å². The predicted octanol–water partition coefficient (Wildman–Crippen LogP) is 23.9. The highest BCUT2D eigenvalue weighted by Crippen LogP contribution is 2.19. The molecular weight excluding hydrogens is 995 g/mol. The number of hydrogen-bond donors (Lipinski definition) is 3. The molecule has 1 amide bonds. The molecule has 2 atom stereocenters. The zero-order chi connectivity index (χ0) is 58.5. The van der Waals surface area contributed by atoms with Crippen molar-refractivity contribution in [2.75, 3.05) is 13.2 Å². The second-order valence-corrected chi connectivity index (χ2v) is 25.3. The van der Waals surface area contributed by atoms with Gasteiger partial charge in [-0.25, -0.2) is 0 Å². The van der Waals surface area contributed by atoms with E-state index in [0.29, 0.717) is 19.4 Å². The third-order valence-corrected chi connectivity index (χ3v) is 17.1. The SMILES string of the molecule is CCCC/C=C\CCCCCCCC(=O)OCCCCCCCCCCCCCC/C=C\CCCCCCCCCCCCCCCCCC(=O)NC(CO)C(O)/C=C/CCCCCCCCCCCCCCCCCCCCCC. The molecule has 0 spiro atoms. The van der Waals surface area contributed by atoms with Gasteiger partial charge in [0, 0.05) is 12.8 Å². The van der Waals surface area contributed by atoms with Crippen molar-refractivity contribution in [3.05, 3.63) is 36.5 Å². The van der Waals surface area contributed by atoms with E-state index in [1.165, 1.54) is 334 Å². The molecule has 0 heterocycles. The first kappa shape index (κ1) is 79.1. The van der Waals surface area contributed by atoms with E-state index >= 15 is 0 Å². The summed E-state index contributed by atoms with van der Waals surface area (Å²) in [7, 11) is 0. The molecule has 0 aliphatic carbocycles. The lowest BCUT2D eigenvalue weighted by Gasteiger charge is -2.20. The standard InChI is InChI=1S/C75H143NO5/c1-3-5-7-9-11-13-15-16-17-18-19-20-32-35-38-41-44-48-51-55-59-63-67-73(78)72(71-77)76-74(79)68-64-60-56-52-49-45-42-39-36-33-30-28-26-24-22-21-23-25-27-29-31-34-37-40-43-46-50-54-58-62-66-70-81-75(80)69-65-61-57-53-47-14-12-10-8-6-4-2/h10,12,23,25,63,67,72-73,77-78H,3-9,11,13-22,24,26-62,64-66,68-71H2,1-2H3,(H,76,79)/b12-10-,25-23-,67-63+. The number of aliphatic hydroxyl groups is 2. The fourth-order valence-electron chi connectivity index (χ4n) is 11.5. The quantitative estimate of drug-likeness (QED) is 0.0320. The summed E-state index contributed by atoms with van der Waals surface area (Å²) in [4.78, 5) is 24.5. The van der Waals surface area contributed by atoms with Gasteiger partial charge in [-0.3, -0.25) is 9.59 Å². The van der Waals surface area contributed by atoms with Gasteiger partial charge in [0.25, 0.3) is 0 Å². The highest BCUT2D eigenvalue weighted by molar-refractivity contribution is 5.76. The molecule has 0 radical (unpaired) electrons. The van der Waals surface area contributed by atoms with E-state index in [-0.39, 0.29) is 18.5 Å². The first-order valence-electron chi connectivity index (χ1n) is 36.8. The lowest BCUT2D eigenvalue weighted by Crippen LogP contribution is -2.45. The number of unbranched alkanes of at least 4 members (excludes halogenated alkanes) is 54. The minimum atomic E-state index is -0.844. The average Bonchev–Trinajstić information content (AvgIpc) is 3.47. The summed E-state index contributed by atoms with van der Waals surface area (Å²) < 4.78 is 5.47. The van der Waals surface area contributed by atoms with Crippen LogP contribution in [0.15, 0.2) is 36.5 Å². The maximum absolute atomic E-state index is 12.5. The van der Waals surface area contributed by atoms with Crippen LogP contribution in [0.2, 0.25) is 0 Å². The maximum atomic E-state index is 12.5. The van der Waals surface area contributed by atoms with Gasteiger partial charge in [0.15, 0.2) is 0 Å². The topological polar surface area (TPSA) is 95.9 Å². The summed E-state index contributed by atoms with van der Waals surface area (Å²) in [5.41, 5.74) is 0. The molecule has 81 heavy (non-hydrogen) atoms. The highest BCUT2D eigenvalue weighted by Gasteiger charge is 2.18. The first-order valence-corrected chi connectivity index (χ1v) is 36.8. The number of carbonyl (C=O) groups excluding carboxylic acids is 2. The number of hydrogen-bond acceptors (Lipinski definition) is 5. The number of nitrogens with one attached hydrogen (secondary N) is 1. The minimum absolute atomic E-state index is 0.00663. The van der Waals surface area contributed by atoms with Crippen molar-refractivity contribution in [2.24, 2.45) is 0 Å². The number of allylic oxidation sites excluding steroid dienone is 5.